The van der Waals surface area contributed by atoms with Crippen LogP contribution in [0, 0.1) is 5.92 Å². The van der Waals surface area contributed by atoms with Crippen molar-refractivity contribution in [2.75, 3.05) is 0 Å². The molecule has 1 aromatic carbocycles. The lowest BCUT2D eigenvalue weighted by Gasteiger charge is -2.45. The summed E-state index contributed by atoms with van der Waals surface area (Å²) >= 11 is 5.85. The Morgan fingerprint density at radius 2 is 1.67 bits per heavy atom. The Bertz CT molecular complexity index is 347. The van der Waals surface area contributed by atoms with Gasteiger partial charge in [0.05, 0.1) is 6.10 Å². The van der Waals surface area contributed by atoms with Crippen LogP contribution >= 0.6 is 11.6 Å². The number of hydrogen-bond donors (Lipinski definition) is 1. The fourth-order valence-electron chi connectivity index (χ4n) is 2.37. The lowest BCUT2D eigenvalue weighted by atomic mass is 9.61. The monoisotopic (exact) mass is 268 g/mol. The van der Waals surface area contributed by atoms with Gasteiger partial charge in [-0.1, -0.05) is 51.4 Å². The van der Waals surface area contributed by atoms with E-state index in [1.807, 2.05) is 12.1 Å². The number of aliphatic hydroxyl groups excluding tert-OH is 1. The molecule has 0 spiro atoms. The van der Waals surface area contributed by atoms with Crippen molar-refractivity contribution in [3.05, 3.63) is 34.9 Å². The van der Waals surface area contributed by atoms with Gasteiger partial charge in [0.15, 0.2) is 0 Å². The molecule has 0 atom stereocenters. The summed E-state index contributed by atoms with van der Waals surface area (Å²) in [7, 11) is 0. The van der Waals surface area contributed by atoms with Crippen molar-refractivity contribution in [2.45, 2.75) is 58.5 Å². The predicted molar refractivity (Wildman–Crippen MR) is 79.2 cm³/mol. The van der Waals surface area contributed by atoms with Crippen LogP contribution < -0.4 is 0 Å². The van der Waals surface area contributed by atoms with E-state index in [2.05, 4.69) is 39.8 Å². The molecular formula is C16H25ClO. The van der Waals surface area contributed by atoms with Crippen molar-refractivity contribution in [2.24, 2.45) is 5.92 Å². The Morgan fingerprint density at radius 3 is 2.00 bits per heavy atom. The van der Waals surface area contributed by atoms with Crippen LogP contribution in [0.4, 0.5) is 0 Å². The summed E-state index contributed by atoms with van der Waals surface area (Å²) in [5, 5.41) is 10.2. The minimum absolute atomic E-state index is 0.106. The molecule has 0 aliphatic heterocycles. The summed E-state index contributed by atoms with van der Waals surface area (Å²) in [6, 6.07) is 8.02. The van der Waals surface area contributed by atoms with Crippen molar-refractivity contribution in [3.8, 4) is 0 Å². The van der Waals surface area contributed by atoms with Gasteiger partial charge >= 0.3 is 0 Å². The first kappa shape index (κ1) is 15.5. The van der Waals surface area contributed by atoms with Crippen molar-refractivity contribution in [3.63, 3.8) is 0 Å². The molecule has 0 saturated heterocycles. The lowest BCUT2D eigenvalue weighted by molar-refractivity contribution is 0.0156. The Kier molecular flexibility index (Phi) is 5.68. The molecule has 0 radical (unpaired) electrons. The maximum Gasteiger partial charge on any atom is 0.0557 e. The van der Waals surface area contributed by atoms with Crippen LogP contribution in [0.15, 0.2) is 24.3 Å². The molecular weight excluding hydrogens is 244 g/mol. The van der Waals surface area contributed by atoms with Crippen LogP contribution in [0.25, 0.3) is 0 Å². The van der Waals surface area contributed by atoms with E-state index in [1.165, 1.54) is 5.56 Å². The molecule has 0 unspecified atom stereocenters. The first-order valence-corrected chi connectivity index (χ1v) is 7.21. The number of hydrogen-bond acceptors (Lipinski definition) is 1. The molecule has 0 heterocycles. The van der Waals surface area contributed by atoms with Gasteiger partial charge in [-0.25, -0.2) is 0 Å². The van der Waals surface area contributed by atoms with Crippen molar-refractivity contribution >= 4 is 11.6 Å². The Hall–Kier alpha value is -0.530. The zero-order valence-corrected chi connectivity index (χ0v) is 12.7. The van der Waals surface area contributed by atoms with Gasteiger partial charge in [-0.2, -0.15) is 0 Å². The van der Waals surface area contributed by atoms with Gasteiger partial charge in [0, 0.05) is 5.02 Å². The highest BCUT2D eigenvalue weighted by atomic mass is 35.5. The summed E-state index contributed by atoms with van der Waals surface area (Å²) in [5.41, 5.74) is 1.53. The number of benzene rings is 1. The summed E-state index contributed by atoms with van der Waals surface area (Å²) < 4.78 is 0. The van der Waals surface area contributed by atoms with E-state index < -0.39 is 0 Å². The predicted octanol–water partition coefficient (Wildman–Crippen LogP) is 4.80. The molecule has 102 valence electrons. The summed E-state index contributed by atoms with van der Waals surface area (Å²) in [6.45, 7) is 8.68. The number of halogens is 1. The van der Waals surface area contributed by atoms with Crippen LogP contribution in [0.2, 0.25) is 5.02 Å². The van der Waals surface area contributed by atoms with Gasteiger partial charge < -0.3 is 5.11 Å². The van der Waals surface area contributed by atoms with Crippen LogP contribution in [0.5, 0.6) is 0 Å². The zero-order valence-electron chi connectivity index (χ0n) is 11.9. The molecule has 1 aromatic rings. The van der Waals surface area contributed by atoms with Gasteiger partial charge in [0.2, 0.25) is 0 Å². The third-order valence-electron chi connectivity index (χ3n) is 3.39. The quantitative estimate of drug-likeness (QED) is 0.816. The largest absolute Gasteiger partial charge is 0.393 e. The zero-order chi connectivity index (χ0) is 13.8. The van der Waals surface area contributed by atoms with Crippen molar-refractivity contribution < 1.29 is 5.11 Å². The topological polar surface area (TPSA) is 20.2 Å². The van der Waals surface area contributed by atoms with E-state index >= 15 is 0 Å². The molecule has 1 aliphatic rings. The second kappa shape index (κ2) is 6.58. The van der Waals surface area contributed by atoms with Crippen LogP contribution in [-0.2, 0) is 5.41 Å². The van der Waals surface area contributed by atoms with Crippen molar-refractivity contribution in [1.29, 1.82) is 0 Å². The molecule has 0 aromatic heterocycles. The first-order valence-electron chi connectivity index (χ1n) is 6.83. The van der Waals surface area contributed by atoms with Gasteiger partial charge in [-0.15, -0.1) is 0 Å². The molecule has 2 rings (SSSR count). The molecule has 1 N–H and O–H groups in total. The van der Waals surface area contributed by atoms with Gasteiger partial charge in [-0.05, 0) is 48.3 Å². The normalized spacial score (nSPS) is 26.3. The molecule has 2 heteroatoms. The Morgan fingerprint density at radius 1 is 1.22 bits per heavy atom. The minimum atomic E-state index is -0.106. The number of aliphatic hydroxyl groups is 1. The second-order valence-corrected chi connectivity index (χ2v) is 6.37. The Balaban J connectivity index is 0.000000357. The lowest BCUT2D eigenvalue weighted by Crippen LogP contribution is -2.44. The average Bonchev–Trinajstić information content (AvgIpc) is 2.25. The highest BCUT2D eigenvalue weighted by molar-refractivity contribution is 6.30. The first-order chi connectivity index (χ1) is 8.39. The van der Waals surface area contributed by atoms with E-state index in [0.717, 1.165) is 30.2 Å². The highest BCUT2D eigenvalue weighted by Gasteiger charge is 2.43. The summed E-state index contributed by atoms with van der Waals surface area (Å²) in [4.78, 5) is 0. The Labute approximate surface area is 116 Å². The van der Waals surface area contributed by atoms with Crippen LogP contribution in [-0.4, -0.2) is 11.2 Å². The van der Waals surface area contributed by atoms with E-state index in [-0.39, 0.29) is 11.5 Å². The van der Waals surface area contributed by atoms with Gasteiger partial charge in [-0.3, -0.25) is 0 Å². The second-order valence-electron chi connectivity index (χ2n) is 5.93. The SMILES string of the molecule is CC(C)C.CCC1(c2ccc(Cl)cc2)CC(O)C1. The summed E-state index contributed by atoms with van der Waals surface area (Å²) in [6.07, 6.45) is 2.77. The van der Waals surface area contributed by atoms with Gasteiger partial charge in [0.1, 0.15) is 0 Å². The molecule has 1 nitrogen and oxygen atoms in total. The standard InChI is InChI=1S/C12H15ClO.C4H10/c1-2-12(7-11(14)8-12)9-3-5-10(13)6-4-9;1-4(2)3/h3-6,11,14H,2,7-8H2,1H3;4H,1-3H3. The molecule has 0 bridgehead atoms. The van der Waals surface area contributed by atoms with Gasteiger partial charge in [0.25, 0.3) is 0 Å². The molecule has 1 saturated carbocycles. The highest BCUT2D eigenvalue weighted by Crippen LogP contribution is 2.46. The molecule has 0 amide bonds. The van der Waals surface area contributed by atoms with Crippen LogP contribution in [0.3, 0.4) is 0 Å². The third kappa shape index (κ3) is 4.00. The van der Waals surface area contributed by atoms with E-state index in [9.17, 15) is 5.11 Å². The average molecular weight is 269 g/mol. The molecule has 18 heavy (non-hydrogen) atoms. The van der Waals surface area contributed by atoms with E-state index in [4.69, 9.17) is 11.6 Å². The fraction of sp³-hybridized carbons (Fsp3) is 0.625. The van der Waals surface area contributed by atoms with Crippen LogP contribution in [0.1, 0.15) is 52.5 Å². The minimum Gasteiger partial charge on any atom is -0.393 e. The molecule has 1 fully saturated rings. The smallest absolute Gasteiger partial charge is 0.0557 e. The summed E-state index contributed by atoms with van der Waals surface area (Å²) in [5.74, 6) is 0.833. The maximum atomic E-state index is 9.40. The van der Waals surface area contributed by atoms with E-state index in [1.54, 1.807) is 0 Å². The number of rotatable bonds is 2. The fourth-order valence-corrected chi connectivity index (χ4v) is 2.50. The molecule has 1 aliphatic carbocycles. The third-order valence-corrected chi connectivity index (χ3v) is 3.64. The van der Waals surface area contributed by atoms with E-state index in [0.29, 0.717) is 0 Å². The van der Waals surface area contributed by atoms with Crippen molar-refractivity contribution in [1.82, 2.24) is 0 Å². The maximum absolute atomic E-state index is 9.40.